The van der Waals surface area contributed by atoms with Crippen molar-refractivity contribution < 1.29 is 9.60 Å². The molecule has 0 aromatic heterocycles. The van der Waals surface area contributed by atoms with Crippen molar-refractivity contribution in [3.05, 3.63) is 41.2 Å². The minimum Gasteiger partial charge on any atom is -0.411 e. The van der Waals surface area contributed by atoms with Crippen molar-refractivity contribution in [2.75, 3.05) is 0 Å². The summed E-state index contributed by atoms with van der Waals surface area (Å²) < 4.78 is 13.0. The number of benzene rings is 1. The molecule has 0 saturated heterocycles. The van der Waals surface area contributed by atoms with E-state index < -0.39 is 0 Å². The van der Waals surface area contributed by atoms with Gasteiger partial charge in [0, 0.05) is 5.57 Å². The normalized spacial score (nSPS) is 18.1. The molecular weight excluding hydrogens is 229 g/mol. The van der Waals surface area contributed by atoms with Gasteiger partial charge in [0.25, 0.3) is 0 Å². The summed E-state index contributed by atoms with van der Waals surface area (Å²) in [6.45, 7) is 4.34. The number of halogens is 1. The highest BCUT2D eigenvalue weighted by atomic mass is 19.1. The SMILES string of the molecule is CC(C)CC1=C(c2ccc(F)cc2)/C(=N\O)CC1. The zero-order chi connectivity index (χ0) is 13.1. The van der Waals surface area contributed by atoms with Crippen LogP contribution >= 0.6 is 0 Å². The molecule has 3 heteroatoms. The summed E-state index contributed by atoms with van der Waals surface area (Å²) in [4.78, 5) is 0. The lowest BCUT2D eigenvalue weighted by molar-refractivity contribution is 0.319. The summed E-state index contributed by atoms with van der Waals surface area (Å²) in [5.74, 6) is 0.318. The van der Waals surface area contributed by atoms with Crippen molar-refractivity contribution in [1.29, 1.82) is 0 Å². The molecule has 0 radical (unpaired) electrons. The fourth-order valence-electron chi connectivity index (χ4n) is 2.51. The lowest BCUT2D eigenvalue weighted by Crippen LogP contribution is -1.98. The first-order chi connectivity index (χ1) is 8.61. The van der Waals surface area contributed by atoms with Crippen LogP contribution in [-0.2, 0) is 0 Å². The summed E-state index contributed by atoms with van der Waals surface area (Å²) in [6.07, 6.45) is 2.70. The second kappa shape index (κ2) is 5.34. The molecule has 2 rings (SSSR count). The molecule has 18 heavy (non-hydrogen) atoms. The van der Waals surface area contributed by atoms with Crippen LogP contribution in [0.1, 0.15) is 38.7 Å². The maximum absolute atomic E-state index is 13.0. The van der Waals surface area contributed by atoms with Crippen LogP contribution in [0.25, 0.3) is 5.57 Å². The Labute approximate surface area is 107 Å². The van der Waals surface area contributed by atoms with Gasteiger partial charge in [-0.3, -0.25) is 0 Å². The van der Waals surface area contributed by atoms with Crippen LogP contribution in [0.2, 0.25) is 0 Å². The number of hydrogen-bond donors (Lipinski definition) is 1. The lowest BCUT2D eigenvalue weighted by Gasteiger charge is -2.10. The first-order valence-corrected chi connectivity index (χ1v) is 6.31. The van der Waals surface area contributed by atoms with Gasteiger partial charge in [-0.05, 0) is 42.9 Å². The third-order valence-electron chi connectivity index (χ3n) is 3.21. The Kier molecular flexibility index (Phi) is 3.80. The fraction of sp³-hybridized carbons (Fsp3) is 0.400. The summed E-state index contributed by atoms with van der Waals surface area (Å²) in [5, 5.41) is 12.5. The predicted octanol–water partition coefficient (Wildman–Crippen LogP) is 4.25. The highest BCUT2D eigenvalue weighted by molar-refractivity contribution is 6.26. The third-order valence-corrected chi connectivity index (χ3v) is 3.21. The van der Waals surface area contributed by atoms with E-state index in [1.165, 1.54) is 17.7 Å². The van der Waals surface area contributed by atoms with E-state index >= 15 is 0 Å². The van der Waals surface area contributed by atoms with Crippen LogP contribution in [0.5, 0.6) is 0 Å². The Morgan fingerprint density at radius 2 is 1.89 bits per heavy atom. The maximum Gasteiger partial charge on any atom is 0.123 e. The molecule has 1 aliphatic carbocycles. The van der Waals surface area contributed by atoms with Gasteiger partial charge in [0.15, 0.2) is 0 Å². The molecule has 2 nitrogen and oxygen atoms in total. The standard InChI is InChI=1S/C15H18FNO/c1-10(2)9-12-5-8-14(17-18)15(12)11-3-6-13(16)7-4-11/h3-4,6-7,10,18H,5,8-9H2,1-2H3/b17-14-. The average molecular weight is 247 g/mol. The van der Waals surface area contributed by atoms with Gasteiger partial charge < -0.3 is 5.21 Å². The lowest BCUT2D eigenvalue weighted by atomic mass is 9.95. The largest absolute Gasteiger partial charge is 0.411 e. The van der Waals surface area contributed by atoms with Gasteiger partial charge in [0.05, 0.1) is 5.71 Å². The monoisotopic (exact) mass is 247 g/mol. The number of rotatable bonds is 3. The molecule has 0 fully saturated rings. The van der Waals surface area contributed by atoms with Crippen molar-refractivity contribution in [2.24, 2.45) is 11.1 Å². The molecule has 0 saturated carbocycles. The van der Waals surface area contributed by atoms with E-state index in [1.807, 2.05) is 0 Å². The van der Waals surface area contributed by atoms with Crippen LogP contribution in [0.4, 0.5) is 4.39 Å². The highest BCUT2D eigenvalue weighted by Gasteiger charge is 2.23. The van der Waals surface area contributed by atoms with Crippen LogP contribution in [0, 0.1) is 11.7 Å². The minimum atomic E-state index is -0.245. The molecule has 1 aromatic carbocycles. The molecule has 0 heterocycles. The van der Waals surface area contributed by atoms with Gasteiger partial charge >= 0.3 is 0 Å². The van der Waals surface area contributed by atoms with Gasteiger partial charge in [0.2, 0.25) is 0 Å². The van der Waals surface area contributed by atoms with E-state index in [2.05, 4.69) is 19.0 Å². The van der Waals surface area contributed by atoms with Crippen molar-refractivity contribution in [3.8, 4) is 0 Å². The van der Waals surface area contributed by atoms with Crippen molar-refractivity contribution in [2.45, 2.75) is 33.1 Å². The number of hydrogen-bond acceptors (Lipinski definition) is 2. The van der Waals surface area contributed by atoms with Crippen molar-refractivity contribution in [3.63, 3.8) is 0 Å². The number of oxime groups is 1. The molecule has 1 aromatic rings. The second-order valence-electron chi connectivity index (χ2n) is 5.13. The molecule has 0 spiro atoms. The summed E-state index contributed by atoms with van der Waals surface area (Å²) in [7, 11) is 0. The van der Waals surface area contributed by atoms with Gasteiger partial charge in [-0.25, -0.2) is 4.39 Å². The average Bonchev–Trinajstić information content (AvgIpc) is 2.72. The summed E-state index contributed by atoms with van der Waals surface area (Å²) in [6, 6.07) is 6.40. The van der Waals surface area contributed by atoms with Crippen molar-refractivity contribution >= 4 is 11.3 Å². The molecule has 96 valence electrons. The molecular formula is C15H18FNO. The van der Waals surface area contributed by atoms with E-state index in [9.17, 15) is 4.39 Å². The van der Waals surface area contributed by atoms with Crippen LogP contribution < -0.4 is 0 Å². The Morgan fingerprint density at radius 3 is 2.44 bits per heavy atom. The van der Waals surface area contributed by atoms with Gasteiger partial charge in [-0.15, -0.1) is 0 Å². The van der Waals surface area contributed by atoms with E-state index in [4.69, 9.17) is 5.21 Å². The van der Waals surface area contributed by atoms with E-state index in [1.54, 1.807) is 12.1 Å². The molecule has 0 aliphatic heterocycles. The first kappa shape index (κ1) is 12.8. The molecule has 0 amide bonds. The Morgan fingerprint density at radius 1 is 1.22 bits per heavy atom. The fourth-order valence-corrected chi connectivity index (χ4v) is 2.51. The zero-order valence-electron chi connectivity index (χ0n) is 10.8. The van der Waals surface area contributed by atoms with Gasteiger partial charge in [0.1, 0.15) is 5.82 Å². The second-order valence-corrected chi connectivity index (χ2v) is 5.13. The van der Waals surface area contributed by atoms with Crippen LogP contribution in [-0.4, -0.2) is 10.9 Å². The zero-order valence-corrected chi connectivity index (χ0v) is 10.8. The molecule has 0 bridgehead atoms. The smallest absolute Gasteiger partial charge is 0.123 e. The Hall–Kier alpha value is -1.64. The van der Waals surface area contributed by atoms with Gasteiger partial charge in [-0.2, -0.15) is 0 Å². The Bertz CT molecular complexity index is 486. The van der Waals surface area contributed by atoms with Crippen LogP contribution in [0.15, 0.2) is 35.0 Å². The molecule has 0 unspecified atom stereocenters. The summed E-state index contributed by atoms with van der Waals surface area (Å²) >= 11 is 0. The quantitative estimate of drug-likeness (QED) is 0.628. The van der Waals surface area contributed by atoms with E-state index in [0.717, 1.165) is 36.1 Å². The first-order valence-electron chi connectivity index (χ1n) is 6.31. The van der Waals surface area contributed by atoms with E-state index in [-0.39, 0.29) is 5.82 Å². The molecule has 1 N–H and O–H groups in total. The highest BCUT2D eigenvalue weighted by Crippen LogP contribution is 2.35. The number of nitrogens with zero attached hydrogens (tertiary/aromatic N) is 1. The summed E-state index contributed by atoms with van der Waals surface area (Å²) in [5.41, 5.74) is 3.98. The van der Waals surface area contributed by atoms with E-state index in [0.29, 0.717) is 5.92 Å². The third kappa shape index (κ3) is 2.61. The van der Waals surface area contributed by atoms with Gasteiger partial charge in [-0.1, -0.05) is 36.7 Å². The minimum absolute atomic E-state index is 0.245. The topological polar surface area (TPSA) is 32.6 Å². The Balaban J connectivity index is 2.43. The number of allylic oxidation sites excluding steroid dienone is 2. The molecule has 0 atom stereocenters. The maximum atomic E-state index is 13.0. The molecule has 1 aliphatic rings. The van der Waals surface area contributed by atoms with Crippen LogP contribution in [0.3, 0.4) is 0 Å². The van der Waals surface area contributed by atoms with Crippen molar-refractivity contribution in [1.82, 2.24) is 0 Å². The predicted molar refractivity (Wildman–Crippen MR) is 71.2 cm³/mol.